The fourth-order valence-electron chi connectivity index (χ4n) is 4.14. The first kappa shape index (κ1) is 28.6. The predicted octanol–water partition coefficient (Wildman–Crippen LogP) is 5.36. The molecule has 0 aromatic heterocycles. The molecule has 37 heavy (non-hydrogen) atoms. The minimum Gasteiger partial charge on any atom is -0.365 e. The van der Waals surface area contributed by atoms with Gasteiger partial charge in [-0.1, -0.05) is 24.6 Å². The number of nitrogens with one attached hydrogen (secondary N) is 2. The standard InChI is InChI=1S/C25H28ClF5N4O2/c1-3-21(36)32-13-16-4-6-18(23(28)22(16)27)24(37)33-19-7-5-17(26)12-20(19)35-11-10-34(14-15(35)2)9-8-25(29,30)31/h4-7,12,15H,3,8-11,13-14H2,1-2H3,(H,32,36)(H,33,37)/t15-/m0/s1. The van der Waals surface area contributed by atoms with Crippen LogP contribution in [-0.2, 0) is 11.3 Å². The molecule has 0 bridgehead atoms. The van der Waals surface area contributed by atoms with Crippen LogP contribution in [0.3, 0.4) is 0 Å². The van der Waals surface area contributed by atoms with Crippen molar-refractivity contribution in [1.29, 1.82) is 0 Å². The molecule has 2 N–H and O–H groups in total. The summed E-state index contributed by atoms with van der Waals surface area (Å²) in [6.45, 7) is 4.26. The van der Waals surface area contributed by atoms with Crippen molar-refractivity contribution in [3.8, 4) is 0 Å². The average molecular weight is 547 g/mol. The number of amides is 2. The number of alkyl halides is 3. The van der Waals surface area contributed by atoms with Crippen LogP contribution in [0.5, 0.6) is 0 Å². The van der Waals surface area contributed by atoms with Crippen LogP contribution in [0.4, 0.5) is 33.3 Å². The Hall–Kier alpha value is -2.92. The Morgan fingerprint density at radius 2 is 1.84 bits per heavy atom. The van der Waals surface area contributed by atoms with Gasteiger partial charge in [-0.3, -0.25) is 14.5 Å². The van der Waals surface area contributed by atoms with E-state index >= 15 is 0 Å². The number of hydrogen-bond donors (Lipinski definition) is 2. The lowest BCUT2D eigenvalue weighted by Crippen LogP contribution is -2.52. The monoisotopic (exact) mass is 546 g/mol. The summed E-state index contributed by atoms with van der Waals surface area (Å²) in [5.74, 6) is -3.79. The van der Waals surface area contributed by atoms with Gasteiger partial charge in [0.25, 0.3) is 5.91 Å². The lowest BCUT2D eigenvalue weighted by Gasteiger charge is -2.42. The van der Waals surface area contributed by atoms with E-state index in [-0.39, 0.29) is 37.0 Å². The van der Waals surface area contributed by atoms with Gasteiger partial charge in [-0.05, 0) is 31.2 Å². The molecule has 0 aliphatic carbocycles. The van der Waals surface area contributed by atoms with Gasteiger partial charge in [-0.15, -0.1) is 0 Å². The number of anilines is 2. The van der Waals surface area contributed by atoms with Gasteiger partial charge in [0.1, 0.15) is 0 Å². The number of hydrogen-bond acceptors (Lipinski definition) is 4. The van der Waals surface area contributed by atoms with Gasteiger partial charge >= 0.3 is 6.18 Å². The smallest absolute Gasteiger partial charge is 0.365 e. The molecule has 1 saturated heterocycles. The molecule has 1 aliphatic rings. The van der Waals surface area contributed by atoms with E-state index in [9.17, 15) is 31.5 Å². The second kappa shape index (κ2) is 12.1. The number of nitrogens with zero attached hydrogens (tertiary/aromatic N) is 2. The van der Waals surface area contributed by atoms with Crippen LogP contribution >= 0.6 is 11.6 Å². The Bertz CT molecular complexity index is 1140. The molecule has 3 rings (SSSR count). The summed E-state index contributed by atoms with van der Waals surface area (Å²) in [5, 5.41) is 5.42. The maximum absolute atomic E-state index is 14.7. The van der Waals surface area contributed by atoms with E-state index in [2.05, 4.69) is 10.6 Å². The van der Waals surface area contributed by atoms with Gasteiger partial charge in [0.2, 0.25) is 5.91 Å². The van der Waals surface area contributed by atoms with Crippen molar-refractivity contribution < 1.29 is 31.5 Å². The summed E-state index contributed by atoms with van der Waals surface area (Å²) >= 11 is 6.18. The Balaban J connectivity index is 1.76. The summed E-state index contributed by atoms with van der Waals surface area (Å²) in [6.07, 6.45) is -4.94. The Morgan fingerprint density at radius 1 is 1.11 bits per heavy atom. The second-order valence-electron chi connectivity index (χ2n) is 8.85. The quantitative estimate of drug-likeness (QED) is 0.438. The van der Waals surface area contributed by atoms with Crippen molar-refractivity contribution >= 4 is 34.8 Å². The molecule has 1 fully saturated rings. The molecule has 0 radical (unpaired) electrons. The van der Waals surface area contributed by atoms with E-state index in [0.29, 0.717) is 36.0 Å². The highest BCUT2D eigenvalue weighted by Crippen LogP contribution is 2.33. The molecule has 6 nitrogen and oxygen atoms in total. The van der Waals surface area contributed by atoms with Crippen molar-refractivity contribution in [2.45, 2.75) is 45.5 Å². The van der Waals surface area contributed by atoms with Crippen molar-refractivity contribution in [1.82, 2.24) is 10.2 Å². The summed E-state index contributed by atoms with van der Waals surface area (Å²) in [7, 11) is 0. The van der Waals surface area contributed by atoms with E-state index in [1.807, 2.05) is 11.8 Å². The molecule has 2 aromatic rings. The number of carbonyl (C=O) groups excluding carboxylic acids is 2. The van der Waals surface area contributed by atoms with Crippen LogP contribution in [0.2, 0.25) is 5.02 Å². The van der Waals surface area contributed by atoms with Crippen LogP contribution in [0.15, 0.2) is 30.3 Å². The SMILES string of the molecule is CCC(=O)NCc1ccc(C(=O)Nc2ccc(Cl)cc2N2CCN(CCC(F)(F)F)C[C@@H]2C)c(F)c1F. The van der Waals surface area contributed by atoms with Gasteiger partial charge in [0.15, 0.2) is 11.6 Å². The highest BCUT2D eigenvalue weighted by molar-refractivity contribution is 6.31. The molecular weight excluding hydrogens is 519 g/mol. The summed E-state index contributed by atoms with van der Waals surface area (Å²) in [5.41, 5.74) is 0.196. The minimum atomic E-state index is -4.23. The number of piperazine rings is 1. The predicted molar refractivity (Wildman–Crippen MR) is 132 cm³/mol. The van der Waals surface area contributed by atoms with Crippen molar-refractivity contribution in [2.75, 3.05) is 36.4 Å². The molecule has 1 aliphatic heterocycles. The summed E-state index contributed by atoms with van der Waals surface area (Å²) in [4.78, 5) is 27.9. The number of rotatable bonds is 8. The van der Waals surface area contributed by atoms with Crippen molar-refractivity contribution in [3.63, 3.8) is 0 Å². The largest absolute Gasteiger partial charge is 0.390 e. The highest BCUT2D eigenvalue weighted by Gasteiger charge is 2.31. The molecule has 2 amide bonds. The normalized spacial score (nSPS) is 16.5. The third-order valence-corrected chi connectivity index (χ3v) is 6.38. The summed E-state index contributed by atoms with van der Waals surface area (Å²) in [6, 6.07) is 6.83. The van der Waals surface area contributed by atoms with E-state index in [0.717, 1.165) is 6.07 Å². The number of carbonyl (C=O) groups is 2. The third-order valence-electron chi connectivity index (χ3n) is 6.14. The Labute approximate surface area is 216 Å². The molecule has 1 heterocycles. The van der Waals surface area contributed by atoms with E-state index in [1.165, 1.54) is 18.2 Å². The average Bonchev–Trinajstić information content (AvgIpc) is 2.84. The van der Waals surface area contributed by atoms with Crippen molar-refractivity contribution in [2.24, 2.45) is 0 Å². The van der Waals surface area contributed by atoms with Crippen LogP contribution in [0, 0.1) is 11.6 Å². The first-order chi connectivity index (χ1) is 17.4. The van der Waals surface area contributed by atoms with E-state index in [1.54, 1.807) is 17.9 Å². The molecule has 1 atom stereocenters. The summed E-state index contributed by atoms with van der Waals surface area (Å²) < 4.78 is 67.1. The zero-order chi connectivity index (χ0) is 27.3. The lowest BCUT2D eigenvalue weighted by atomic mass is 10.1. The Morgan fingerprint density at radius 3 is 2.49 bits per heavy atom. The molecule has 0 unspecified atom stereocenters. The van der Waals surface area contributed by atoms with E-state index in [4.69, 9.17) is 11.6 Å². The molecule has 0 spiro atoms. The molecular formula is C25H28ClF5N4O2. The number of halogens is 6. The van der Waals surface area contributed by atoms with Crippen molar-refractivity contribution in [3.05, 3.63) is 58.1 Å². The number of benzene rings is 2. The molecule has 202 valence electrons. The van der Waals surface area contributed by atoms with Gasteiger partial charge in [0, 0.05) is 55.8 Å². The maximum Gasteiger partial charge on any atom is 0.390 e. The van der Waals surface area contributed by atoms with Gasteiger partial charge < -0.3 is 15.5 Å². The van der Waals surface area contributed by atoms with E-state index < -0.39 is 35.7 Å². The first-order valence-corrected chi connectivity index (χ1v) is 12.2. The van der Waals surface area contributed by atoms with Crippen LogP contribution in [0.1, 0.15) is 42.6 Å². The lowest BCUT2D eigenvalue weighted by molar-refractivity contribution is -0.138. The fourth-order valence-corrected chi connectivity index (χ4v) is 4.30. The topological polar surface area (TPSA) is 64.7 Å². The fraction of sp³-hybridized carbons (Fsp3) is 0.440. The van der Waals surface area contributed by atoms with Gasteiger partial charge in [-0.25, -0.2) is 8.78 Å². The van der Waals surface area contributed by atoms with Crippen LogP contribution in [0.25, 0.3) is 0 Å². The molecule has 12 heteroatoms. The zero-order valence-corrected chi connectivity index (χ0v) is 21.1. The zero-order valence-electron chi connectivity index (χ0n) is 20.4. The van der Waals surface area contributed by atoms with Gasteiger partial charge in [0.05, 0.1) is 23.4 Å². The van der Waals surface area contributed by atoms with Crippen LogP contribution in [-0.4, -0.2) is 55.1 Å². The third kappa shape index (κ3) is 7.54. The molecule has 0 saturated carbocycles. The first-order valence-electron chi connectivity index (χ1n) is 11.8. The second-order valence-corrected chi connectivity index (χ2v) is 9.29. The van der Waals surface area contributed by atoms with Crippen LogP contribution < -0.4 is 15.5 Å². The minimum absolute atomic E-state index is 0.0970. The highest BCUT2D eigenvalue weighted by atomic mass is 35.5. The Kier molecular flexibility index (Phi) is 9.36. The molecule has 2 aromatic carbocycles. The van der Waals surface area contributed by atoms with Gasteiger partial charge in [-0.2, -0.15) is 13.2 Å². The maximum atomic E-state index is 14.7.